The van der Waals surface area contributed by atoms with Crippen LogP contribution in [0.2, 0.25) is 0 Å². The Kier molecular flexibility index (Phi) is 5.30. The molecular weight excluding hydrogens is 288 g/mol. The van der Waals surface area contributed by atoms with Crippen molar-refractivity contribution in [2.45, 2.75) is 45.4 Å². The lowest BCUT2D eigenvalue weighted by Gasteiger charge is -2.39. The molecule has 1 atom stereocenters. The molecule has 1 spiro atoms. The van der Waals surface area contributed by atoms with Crippen molar-refractivity contribution in [1.29, 1.82) is 0 Å². The van der Waals surface area contributed by atoms with Crippen LogP contribution in [0.15, 0.2) is 0 Å². The third-order valence-electron chi connectivity index (χ3n) is 4.46. The number of nitrogens with zero attached hydrogens (tertiary/aromatic N) is 1. The SMILES string of the molecule is CSCC(C)CN1C(=O)NC(=O)C2(CCCCCC2)C1=O. The number of nitrogens with one attached hydrogen (secondary N) is 1. The zero-order valence-electron chi connectivity index (χ0n) is 12.8. The first-order valence-electron chi connectivity index (χ1n) is 7.67. The van der Waals surface area contributed by atoms with E-state index in [4.69, 9.17) is 0 Å². The molecule has 0 aromatic rings. The second-order valence-electron chi connectivity index (χ2n) is 6.23. The Morgan fingerprint density at radius 1 is 1.19 bits per heavy atom. The highest BCUT2D eigenvalue weighted by molar-refractivity contribution is 7.98. The maximum absolute atomic E-state index is 12.9. The Balaban J connectivity index is 2.20. The van der Waals surface area contributed by atoms with Crippen molar-refractivity contribution in [2.24, 2.45) is 11.3 Å². The van der Waals surface area contributed by atoms with Crippen LogP contribution in [-0.4, -0.2) is 41.3 Å². The molecule has 1 aliphatic carbocycles. The van der Waals surface area contributed by atoms with Crippen LogP contribution in [0.5, 0.6) is 0 Å². The Hall–Kier alpha value is -1.04. The van der Waals surface area contributed by atoms with Gasteiger partial charge in [0.2, 0.25) is 11.8 Å². The van der Waals surface area contributed by atoms with E-state index in [9.17, 15) is 14.4 Å². The van der Waals surface area contributed by atoms with E-state index in [1.54, 1.807) is 11.8 Å². The van der Waals surface area contributed by atoms with Crippen molar-refractivity contribution in [3.05, 3.63) is 0 Å². The first-order chi connectivity index (χ1) is 10.0. The van der Waals surface area contributed by atoms with Crippen molar-refractivity contribution >= 4 is 29.6 Å². The molecule has 0 aromatic carbocycles. The Morgan fingerprint density at radius 2 is 1.81 bits per heavy atom. The Labute approximate surface area is 130 Å². The summed E-state index contributed by atoms with van der Waals surface area (Å²) in [4.78, 5) is 38.5. The highest BCUT2D eigenvalue weighted by Gasteiger charge is 2.53. The van der Waals surface area contributed by atoms with Crippen LogP contribution in [0.3, 0.4) is 0 Å². The molecule has 1 unspecified atom stereocenters. The van der Waals surface area contributed by atoms with Gasteiger partial charge in [0.15, 0.2) is 0 Å². The summed E-state index contributed by atoms with van der Waals surface area (Å²) in [6.07, 6.45) is 7.00. The number of carbonyl (C=O) groups is 3. The minimum absolute atomic E-state index is 0.228. The van der Waals surface area contributed by atoms with Crippen molar-refractivity contribution in [3.8, 4) is 0 Å². The first kappa shape index (κ1) is 16.3. The third-order valence-corrected chi connectivity index (χ3v) is 5.36. The van der Waals surface area contributed by atoms with Gasteiger partial charge in [-0.25, -0.2) is 4.79 Å². The highest BCUT2D eigenvalue weighted by Crippen LogP contribution is 2.39. The molecule has 21 heavy (non-hydrogen) atoms. The molecule has 1 N–H and O–H groups in total. The van der Waals surface area contributed by atoms with E-state index in [1.165, 1.54) is 4.90 Å². The quantitative estimate of drug-likeness (QED) is 0.810. The molecule has 0 aromatic heterocycles. The normalized spacial score (nSPS) is 23.9. The van der Waals surface area contributed by atoms with Crippen LogP contribution < -0.4 is 5.32 Å². The molecule has 5 nitrogen and oxygen atoms in total. The number of hydrogen-bond acceptors (Lipinski definition) is 4. The largest absolute Gasteiger partial charge is 0.330 e. The van der Waals surface area contributed by atoms with Gasteiger partial charge < -0.3 is 0 Å². The average Bonchev–Trinajstić information content (AvgIpc) is 2.69. The monoisotopic (exact) mass is 312 g/mol. The van der Waals surface area contributed by atoms with Gasteiger partial charge in [0.25, 0.3) is 0 Å². The van der Waals surface area contributed by atoms with Gasteiger partial charge in [-0.2, -0.15) is 11.8 Å². The molecule has 2 fully saturated rings. The van der Waals surface area contributed by atoms with Gasteiger partial charge in [-0.15, -0.1) is 0 Å². The summed E-state index contributed by atoms with van der Waals surface area (Å²) in [6, 6.07) is -0.548. The summed E-state index contributed by atoms with van der Waals surface area (Å²) in [5, 5.41) is 2.42. The summed E-state index contributed by atoms with van der Waals surface area (Å²) >= 11 is 1.70. The maximum atomic E-state index is 12.9. The minimum atomic E-state index is -0.997. The standard InChI is InChI=1S/C15H24N2O3S/c1-11(10-21-2)9-17-13(19)15(12(18)16-14(17)20)7-5-3-4-6-8-15/h11H,3-10H2,1-2H3,(H,16,18,20). The predicted molar refractivity (Wildman–Crippen MR) is 82.9 cm³/mol. The second-order valence-corrected chi connectivity index (χ2v) is 7.14. The number of urea groups is 1. The van der Waals surface area contributed by atoms with E-state index in [2.05, 4.69) is 5.32 Å². The molecule has 2 rings (SSSR count). The average molecular weight is 312 g/mol. The van der Waals surface area contributed by atoms with Crippen LogP contribution in [0.4, 0.5) is 4.79 Å². The summed E-state index contributed by atoms with van der Waals surface area (Å²) in [5.41, 5.74) is -0.997. The number of rotatable bonds is 4. The third kappa shape index (κ3) is 3.25. The van der Waals surface area contributed by atoms with Crippen molar-refractivity contribution in [1.82, 2.24) is 10.2 Å². The number of carbonyl (C=O) groups excluding carboxylic acids is 3. The zero-order valence-corrected chi connectivity index (χ0v) is 13.6. The maximum Gasteiger partial charge on any atom is 0.330 e. The minimum Gasteiger partial charge on any atom is -0.277 e. The highest BCUT2D eigenvalue weighted by atomic mass is 32.2. The second kappa shape index (κ2) is 6.81. The topological polar surface area (TPSA) is 66.5 Å². The fourth-order valence-electron chi connectivity index (χ4n) is 3.32. The van der Waals surface area contributed by atoms with Gasteiger partial charge >= 0.3 is 6.03 Å². The zero-order chi connectivity index (χ0) is 15.5. The predicted octanol–water partition coefficient (Wildman–Crippen LogP) is 2.40. The molecular formula is C15H24N2O3S. The van der Waals surface area contributed by atoms with E-state index >= 15 is 0 Å². The lowest BCUT2D eigenvalue weighted by molar-refractivity contribution is -0.152. The summed E-state index contributed by atoms with van der Waals surface area (Å²) in [6.45, 7) is 2.41. The molecule has 1 saturated heterocycles. The molecule has 4 amide bonds. The molecule has 1 heterocycles. The number of imide groups is 2. The van der Waals surface area contributed by atoms with Crippen LogP contribution in [0, 0.1) is 11.3 Å². The van der Waals surface area contributed by atoms with Gasteiger partial charge in [0.05, 0.1) is 0 Å². The van der Waals surface area contributed by atoms with Crippen LogP contribution in [0.25, 0.3) is 0 Å². The fourth-order valence-corrected chi connectivity index (χ4v) is 3.99. The number of hydrogen-bond donors (Lipinski definition) is 1. The van der Waals surface area contributed by atoms with Crippen molar-refractivity contribution < 1.29 is 14.4 Å². The van der Waals surface area contributed by atoms with E-state index in [0.717, 1.165) is 31.4 Å². The smallest absolute Gasteiger partial charge is 0.277 e. The fraction of sp³-hybridized carbons (Fsp3) is 0.800. The summed E-state index contributed by atoms with van der Waals surface area (Å²) in [7, 11) is 0. The first-order valence-corrected chi connectivity index (χ1v) is 9.07. The van der Waals surface area contributed by atoms with E-state index in [0.29, 0.717) is 19.4 Å². The van der Waals surface area contributed by atoms with E-state index in [1.807, 2.05) is 13.2 Å². The lowest BCUT2D eigenvalue weighted by atomic mass is 9.76. The van der Waals surface area contributed by atoms with E-state index < -0.39 is 11.4 Å². The number of amides is 4. The number of barbiturate groups is 1. The van der Waals surface area contributed by atoms with Gasteiger partial charge in [0, 0.05) is 6.54 Å². The molecule has 1 aliphatic heterocycles. The Morgan fingerprint density at radius 3 is 2.38 bits per heavy atom. The molecule has 1 saturated carbocycles. The molecule has 0 bridgehead atoms. The van der Waals surface area contributed by atoms with Gasteiger partial charge in [-0.1, -0.05) is 32.6 Å². The lowest BCUT2D eigenvalue weighted by Crippen LogP contribution is -2.64. The van der Waals surface area contributed by atoms with Gasteiger partial charge in [-0.3, -0.25) is 19.8 Å². The van der Waals surface area contributed by atoms with Crippen LogP contribution >= 0.6 is 11.8 Å². The Bertz CT molecular complexity index is 431. The van der Waals surface area contributed by atoms with Crippen LogP contribution in [0.1, 0.15) is 45.4 Å². The van der Waals surface area contributed by atoms with Crippen molar-refractivity contribution in [3.63, 3.8) is 0 Å². The number of thioether (sulfide) groups is 1. The molecule has 6 heteroatoms. The summed E-state index contributed by atoms with van der Waals surface area (Å²) in [5.74, 6) is 0.461. The molecule has 0 radical (unpaired) electrons. The van der Waals surface area contributed by atoms with Crippen LogP contribution in [-0.2, 0) is 9.59 Å². The van der Waals surface area contributed by atoms with Gasteiger partial charge in [0.1, 0.15) is 5.41 Å². The molecule has 2 aliphatic rings. The van der Waals surface area contributed by atoms with E-state index in [-0.39, 0.29) is 17.7 Å². The van der Waals surface area contributed by atoms with Gasteiger partial charge in [-0.05, 0) is 30.8 Å². The summed E-state index contributed by atoms with van der Waals surface area (Å²) < 4.78 is 0. The molecule has 118 valence electrons. The van der Waals surface area contributed by atoms with Crippen molar-refractivity contribution in [2.75, 3.05) is 18.6 Å².